The maximum atomic E-state index is 2.86. The highest BCUT2D eigenvalue weighted by Crippen LogP contribution is 2.32. The van der Waals surface area contributed by atoms with E-state index in [9.17, 15) is 0 Å². The molecule has 0 bridgehead atoms. The van der Waals surface area contributed by atoms with Gasteiger partial charge in [0, 0.05) is 19.1 Å². The lowest BCUT2D eigenvalue weighted by Crippen LogP contribution is -2.44. The number of hydrogen-bond donors (Lipinski definition) is 0. The van der Waals surface area contributed by atoms with Gasteiger partial charge in [0.05, 0.1) is 0 Å². The van der Waals surface area contributed by atoms with Crippen LogP contribution in [0.3, 0.4) is 0 Å². The van der Waals surface area contributed by atoms with E-state index in [0.717, 1.165) is 17.9 Å². The van der Waals surface area contributed by atoms with Crippen LogP contribution < -0.4 is 0 Å². The van der Waals surface area contributed by atoms with Gasteiger partial charge in [0.15, 0.2) is 0 Å². The van der Waals surface area contributed by atoms with Gasteiger partial charge in [0.2, 0.25) is 0 Å². The molecule has 0 radical (unpaired) electrons. The summed E-state index contributed by atoms with van der Waals surface area (Å²) in [4.78, 5) is 2.86. The molecule has 1 unspecified atom stereocenters. The summed E-state index contributed by atoms with van der Waals surface area (Å²) >= 11 is 0. The Hall–Kier alpha value is -0.820. The minimum absolute atomic E-state index is 0.744. The Morgan fingerprint density at radius 2 is 1.52 bits per heavy atom. The zero-order chi connectivity index (χ0) is 14.5. The fourth-order valence-electron chi connectivity index (χ4n) is 3.80. The highest BCUT2D eigenvalue weighted by molar-refractivity contribution is 5.16. The number of benzene rings is 1. The first-order valence-electron chi connectivity index (χ1n) is 9.13. The summed E-state index contributed by atoms with van der Waals surface area (Å²) in [6.07, 6.45) is 11.4. The molecule has 1 nitrogen and oxygen atoms in total. The predicted octanol–water partition coefficient (Wildman–Crippen LogP) is 4.91. The van der Waals surface area contributed by atoms with Crippen LogP contribution in [-0.2, 0) is 6.42 Å². The third-order valence-electron chi connectivity index (χ3n) is 5.74. The Labute approximate surface area is 130 Å². The molecular formula is C20H31N. The Balaban J connectivity index is 1.62. The molecule has 0 aliphatic heterocycles. The van der Waals surface area contributed by atoms with Crippen LogP contribution in [0.2, 0.25) is 0 Å². The molecule has 1 aromatic rings. The van der Waals surface area contributed by atoms with E-state index in [0.29, 0.717) is 0 Å². The SMILES string of the molecule is CCC(Cc1ccccc1)N(CC1CCC1)CC1CCC1. The van der Waals surface area contributed by atoms with Gasteiger partial charge in [-0.05, 0) is 55.9 Å². The number of hydrogen-bond acceptors (Lipinski definition) is 1. The predicted molar refractivity (Wildman–Crippen MR) is 90.5 cm³/mol. The molecule has 2 fully saturated rings. The zero-order valence-corrected chi connectivity index (χ0v) is 13.6. The minimum atomic E-state index is 0.744. The molecule has 21 heavy (non-hydrogen) atoms. The second kappa shape index (κ2) is 7.45. The Morgan fingerprint density at radius 1 is 0.952 bits per heavy atom. The molecule has 2 aliphatic rings. The molecule has 0 N–H and O–H groups in total. The summed E-state index contributed by atoms with van der Waals surface area (Å²) in [6.45, 7) is 5.10. The van der Waals surface area contributed by atoms with Crippen LogP contribution in [0.25, 0.3) is 0 Å². The average Bonchev–Trinajstić information content (AvgIpc) is 2.42. The van der Waals surface area contributed by atoms with Crippen LogP contribution in [-0.4, -0.2) is 24.0 Å². The molecule has 1 aromatic carbocycles. The lowest BCUT2D eigenvalue weighted by atomic mass is 9.82. The molecule has 1 heteroatoms. The first-order valence-corrected chi connectivity index (χ1v) is 9.13. The topological polar surface area (TPSA) is 3.24 Å². The molecule has 0 saturated heterocycles. The van der Waals surface area contributed by atoms with Crippen molar-refractivity contribution in [2.75, 3.05) is 13.1 Å². The standard InChI is InChI=1S/C20H31N/c1-2-20(14-17-8-4-3-5-9-17)21(15-18-10-6-11-18)16-19-12-7-13-19/h3-5,8-9,18-20H,2,6-7,10-16H2,1H3. The minimum Gasteiger partial charge on any atom is -0.300 e. The molecule has 2 aliphatic carbocycles. The van der Waals surface area contributed by atoms with Crippen molar-refractivity contribution < 1.29 is 0 Å². The Kier molecular flexibility index (Phi) is 5.35. The van der Waals surface area contributed by atoms with Crippen molar-refractivity contribution >= 4 is 0 Å². The highest BCUT2D eigenvalue weighted by atomic mass is 15.2. The lowest BCUT2D eigenvalue weighted by Gasteiger charge is -2.41. The maximum absolute atomic E-state index is 2.86. The largest absolute Gasteiger partial charge is 0.300 e. The van der Waals surface area contributed by atoms with Crippen LogP contribution in [0.1, 0.15) is 57.4 Å². The first-order chi connectivity index (χ1) is 10.3. The maximum Gasteiger partial charge on any atom is 0.0133 e. The van der Waals surface area contributed by atoms with Gasteiger partial charge in [-0.3, -0.25) is 4.90 Å². The summed E-state index contributed by atoms with van der Waals surface area (Å²) in [6, 6.07) is 11.8. The summed E-state index contributed by atoms with van der Waals surface area (Å²) in [7, 11) is 0. The molecule has 0 heterocycles. The van der Waals surface area contributed by atoms with Gasteiger partial charge in [-0.15, -0.1) is 0 Å². The van der Waals surface area contributed by atoms with E-state index >= 15 is 0 Å². The molecule has 116 valence electrons. The fraction of sp³-hybridized carbons (Fsp3) is 0.700. The number of rotatable bonds is 8. The molecule has 3 rings (SSSR count). The van der Waals surface area contributed by atoms with Crippen LogP contribution in [0, 0.1) is 11.8 Å². The van der Waals surface area contributed by atoms with Crippen molar-refractivity contribution in [3.63, 3.8) is 0 Å². The van der Waals surface area contributed by atoms with Crippen molar-refractivity contribution in [2.24, 2.45) is 11.8 Å². The molecule has 1 atom stereocenters. The van der Waals surface area contributed by atoms with Crippen LogP contribution in [0.5, 0.6) is 0 Å². The highest BCUT2D eigenvalue weighted by Gasteiger charge is 2.28. The molecule has 0 spiro atoms. The summed E-state index contributed by atoms with van der Waals surface area (Å²) in [5.74, 6) is 1.99. The lowest BCUT2D eigenvalue weighted by molar-refractivity contribution is 0.0895. The molecule has 2 saturated carbocycles. The third kappa shape index (κ3) is 4.10. The van der Waals surface area contributed by atoms with Crippen LogP contribution >= 0.6 is 0 Å². The zero-order valence-electron chi connectivity index (χ0n) is 13.6. The third-order valence-corrected chi connectivity index (χ3v) is 5.74. The second-order valence-corrected chi connectivity index (χ2v) is 7.30. The summed E-state index contributed by atoms with van der Waals surface area (Å²) in [5, 5.41) is 0. The van der Waals surface area contributed by atoms with E-state index in [-0.39, 0.29) is 0 Å². The van der Waals surface area contributed by atoms with Gasteiger partial charge in [-0.2, -0.15) is 0 Å². The van der Waals surface area contributed by atoms with Crippen molar-refractivity contribution in [3.8, 4) is 0 Å². The van der Waals surface area contributed by atoms with Gasteiger partial charge in [0.25, 0.3) is 0 Å². The number of nitrogens with zero attached hydrogens (tertiary/aromatic N) is 1. The Morgan fingerprint density at radius 3 is 1.95 bits per heavy atom. The molecule has 0 aromatic heterocycles. The van der Waals surface area contributed by atoms with Gasteiger partial charge < -0.3 is 0 Å². The van der Waals surface area contributed by atoms with E-state index in [1.54, 1.807) is 0 Å². The second-order valence-electron chi connectivity index (χ2n) is 7.30. The smallest absolute Gasteiger partial charge is 0.0133 e. The van der Waals surface area contributed by atoms with Crippen molar-refractivity contribution in [3.05, 3.63) is 35.9 Å². The van der Waals surface area contributed by atoms with Gasteiger partial charge >= 0.3 is 0 Å². The fourth-order valence-corrected chi connectivity index (χ4v) is 3.80. The van der Waals surface area contributed by atoms with Gasteiger partial charge in [-0.25, -0.2) is 0 Å². The van der Waals surface area contributed by atoms with Crippen molar-refractivity contribution in [1.82, 2.24) is 4.90 Å². The summed E-state index contributed by atoms with van der Waals surface area (Å²) in [5.41, 5.74) is 1.51. The quantitative estimate of drug-likeness (QED) is 0.656. The van der Waals surface area contributed by atoms with Crippen molar-refractivity contribution in [2.45, 2.75) is 64.3 Å². The average molecular weight is 285 g/mol. The molecular weight excluding hydrogens is 254 g/mol. The first kappa shape index (κ1) is 15.1. The van der Waals surface area contributed by atoms with E-state index in [1.807, 2.05) is 0 Å². The summed E-state index contributed by atoms with van der Waals surface area (Å²) < 4.78 is 0. The monoisotopic (exact) mass is 285 g/mol. The van der Waals surface area contributed by atoms with E-state index in [2.05, 4.69) is 42.2 Å². The van der Waals surface area contributed by atoms with E-state index in [4.69, 9.17) is 0 Å². The van der Waals surface area contributed by atoms with Gasteiger partial charge in [-0.1, -0.05) is 50.1 Å². The van der Waals surface area contributed by atoms with Crippen LogP contribution in [0.4, 0.5) is 0 Å². The van der Waals surface area contributed by atoms with E-state index in [1.165, 1.54) is 70.0 Å². The molecule has 0 amide bonds. The van der Waals surface area contributed by atoms with Crippen LogP contribution in [0.15, 0.2) is 30.3 Å². The van der Waals surface area contributed by atoms with E-state index < -0.39 is 0 Å². The normalized spacial score (nSPS) is 21.0. The Bertz CT molecular complexity index is 389. The van der Waals surface area contributed by atoms with Gasteiger partial charge in [0.1, 0.15) is 0 Å². The van der Waals surface area contributed by atoms with Crippen molar-refractivity contribution in [1.29, 1.82) is 0 Å².